The molecule has 0 aliphatic carbocycles. The van der Waals surface area contributed by atoms with Crippen molar-refractivity contribution < 1.29 is 9.32 Å². The Kier molecular flexibility index (Phi) is 5.21. The van der Waals surface area contributed by atoms with E-state index < -0.39 is 0 Å². The summed E-state index contributed by atoms with van der Waals surface area (Å²) in [6, 6.07) is 1.79. The third-order valence-corrected chi connectivity index (χ3v) is 4.15. The highest BCUT2D eigenvalue weighted by Gasteiger charge is 2.24. The fraction of sp³-hybridized carbons (Fsp3) is 0.750. The van der Waals surface area contributed by atoms with Crippen molar-refractivity contribution >= 4 is 5.91 Å². The number of rotatable bonds is 4. The van der Waals surface area contributed by atoms with Crippen LogP contribution in [0.2, 0.25) is 0 Å². The first-order valence-electron chi connectivity index (χ1n) is 7.87. The minimum absolute atomic E-state index is 0.0257. The van der Waals surface area contributed by atoms with Crippen molar-refractivity contribution in [2.24, 2.45) is 5.92 Å². The van der Waals surface area contributed by atoms with Gasteiger partial charge in [-0.25, -0.2) is 0 Å². The molecule has 4 heteroatoms. The van der Waals surface area contributed by atoms with Crippen LogP contribution in [0.4, 0.5) is 0 Å². The van der Waals surface area contributed by atoms with Gasteiger partial charge in [0, 0.05) is 25.1 Å². The Hall–Kier alpha value is -1.32. The van der Waals surface area contributed by atoms with Gasteiger partial charge in [0.15, 0.2) is 5.69 Å². The normalized spacial score (nSPS) is 20.2. The first kappa shape index (κ1) is 15.1. The molecule has 2 heterocycles. The van der Waals surface area contributed by atoms with Crippen molar-refractivity contribution in [1.82, 2.24) is 10.1 Å². The van der Waals surface area contributed by atoms with Gasteiger partial charge in [0.2, 0.25) is 0 Å². The molecule has 0 N–H and O–H groups in total. The van der Waals surface area contributed by atoms with Gasteiger partial charge in [0.05, 0.1) is 0 Å². The molecule has 1 aliphatic rings. The molecule has 0 bridgehead atoms. The van der Waals surface area contributed by atoms with Crippen LogP contribution in [0.25, 0.3) is 0 Å². The van der Waals surface area contributed by atoms with Crippen LogP contribution >= 0.6 is 0 Å². The average molecular weight is 278 g/mol. The Morgan fingerprint density at radius 2 is 2.25 bits per heavy atom. The summed E-state index contributed by atoms with van der Waals surface area (Å²) >= 11 is 0. The Labute approximate surface area is 121 Å². The molecule has 1 aromatic rings. The summed E-state index contributed by atoms with van der Waals surface area (Å²) in [5, 5.41) is 3.93. The molecule has 0 saturated carbocycles. The van der Waals surface area contributed by atoms with Gasteiger partial charge in [0.1, 0.15) is 5.76 Å². The number of carbonyl (C=O) groups excluding carboxylic acids is 1. The highest BCUT2D eigenvalue weighted by Crippen LogP contribution is 2.23. The zero-order chi connectivity index (χ0) is 14.5. The zero-order valence-corrected chi connectivity index (χ0v) is 12.9. The van der Waals surface area contributed by atoms with Gasteiger partial charge in [-0.2, -0.15) is 0 Å². The van der Waals surface area contributed by atoms with Gasteiger partial charge < -0.3 is 9.42 Å². The largest absolute Gasteiger partial charge is 0.360 e. The van der Waals surface area contributed by atoms with Crippen LogP contribution < -0.4 is 0 Å². The average Bonchev–Trinajstić information content (AvgIpc) is 2.80. The van der Waals surface area contributed by atoms with Gasteiger partial charge >= 0.3 is 0 Å². The third-order valence-electron chi connectivity index (χ3n) is 4.15. The molecule has 1 aromatic heterocycles. The van der Waals surface area contributed by atoms with Crippen LogP contribution in [0.5, 0.6) is 0 Å². The molecule has 112 valence electrons. The lowest BCUT2D eigenvalue weighted by molar-refractivity contribution is 0.0749. The summed E-state index contributed by atoms with van der Waals surface area (Å²) in [5.74, 6) is 1.85. The summed E-state index contributed by atoms with van der Waals surface area (Å²) in [7, 11) is 0. The quantitative estimate of drug-likeness (QED) is 0.840. The van der Waals surface area contributed by atoms with Gasteiger partial charge in [0.25, 0.3) is 5.91 Å². The maximum absolute atomic E-state index is 12.5. The molecule has 0 unspecified atom stereocenters. The number of hydrogen-bond acceptors (Lipinski definition) is 3. The fourth-order valence-corrected chi connectivity index (χ4v) is 2.89. The van der Waals surface area contributed by atoms with E-state index >= 15 is 0 Å². The molecule has 0 spiro atoms. The second-order valence-corrected chi connectivity index (χ2v) is 6.15. The molecule has 1 saturated heterocycles. The fourth-order valence-electron chi connectivity index (χ4n) is 2.89. The summed E-state index contributed by atoms with van der Waals surface area (Å²) in [4.78, 5) is 14.4. The lowest BCUT2D eigenvalue weighted by Gasteiger charge is -2.19. The van der Waals surface area contributed by atoms with E-state index in [4.69, 9.17) is 4.52 Å². The van der Waals surface area contributed by atoms with Crippen LogP contribution in [0.3, 0.4) is 0 Å². The van der Waals surface area contributed by atoms with E-state index in [1.165, 1.54) is 19.3 Å². The van der Waals surface area contributed by atoms with E-state index in [2.05, 4.69) is 12.1 Å². The number of likely N-dealkylation sites (tertiary alicyclic amines) is 1. The predicted octanol–water partition coefficient (Wildman–Crippen LogP) is 3.84. The second-order valence-electron chi connectivity index (χ2n) is 6.15. The van der Waals surface area contributed by atoms with Crippen molar-refractivity contribution in [1.29, 1.82) is 0 Å². The van der Waals surface area contributed by atoms with Gasteiger partial charge in [-0.3, -0.25) is 4.79 Å². The molecule has 2 rings (SSSR count). The van der Waals surface area contributed by atoms with Gasteiger partial charge in [-0.15, -0.1) is 0 Å². The van der Waals surface area contributed by atoms with Crippen molar-refractivity contribution in [2.45, 2.75) is 58.8 Å². The molecule has 1 aliphatic heterocycles. The van der Waals surface area contributed by atoms with Crippen molar-refractivity contribution in [3.63, 3.8) is 0 Å². The second kappa shape index (κ2) is 6.91. The zero-order valence-electron chi connectivity index (χ0n) is 12.9. The Balaban J connectivity index is 1.98. The van der Waals surface area contributed by atoms with Crippen LogP contribution in [0, 0.1) is 5.92 Å². The number of amides is 1. The van der Waals surface area contributed by atoms with Crippen molar-refractivity contribution in [3.05, 3.63) is 17.5 Å². The molecule has 0 radical (unpaired) electrons. The summed E-state index contributed by atoms with van der Waals surface area (Å²) < 4.78 is 5.23. The van der Waals surface area contributed by atoms with E-state index in [-0.39, 0.29) is 11.8 Å². The maximum Gasteiger partial charge on any atom is 0.276 e. The SMILES string of the molecule is CCC[C@H]1CCCN(C(=O)c2cc(C(C)C)on2)CC1. The van der Waals surface area contributed by atoms with Crippen LogP contribution in [-0.2, 0) is 0 Å². The monoisotopic (exact) mass is 278 g/mol. The minimum atomic E-state index is 0.0257. The lowest BCUT2D eigenvalue weighted by Crippen LogP contribution is -2.32. The molecule has 1 fully saturated rings. The number of aromatic nitrogens is 1. The molecule has 20 heavy (non-hydrogen) atoms. The van der Waals surface area contributed by atoms with Crippen molar-refractivity contribution in [2.75, 3.05) is 13.1 Å². The lowest BCUT2D eigenvalue weighted by atomic mass is 9.96. The molecular formula is C16H26N2O2. The molecule has 4 nitrogen and oxygen atoms in total. The summed E-state index contributed by atoms with van der Waals surface area (Å²) in [6.45, 7) is 8.01. The Bertz CT molecular complexity index is 439. The predicted molar refractivity (Wildman–Crippen MR) is 78.7 cm³/mol. The third kappa shape index (κ3) is 3.62. The molecular weight excluding hydrogens is 252 g/mol. The van der Waals surface area contributed by atoms with Gasteiger partial charge in [-0.1, -0.05) is 38.8 Å². The van der Waals surface area contributed by atoms with E-state index in [0.29, 0.717) is 5.69 Å². The summed E-state index contributed by atoms with van der Waals surface area (Å²) in [6.07, 6.45) is 5.98. The highest BCUT2D eigenvalue weighted by atomic mass is 16.5. The van der Waals surface area contributed by atoms with Crippen LogP contribution in [0.1, 0.15) is 75.0 Å². The first-order valence-corrected chi connectivity index (χ1v) is 7.87. The molecule has 1 atom stereocenters. The standard InChI is InChI=1S/C16H26N2O2/c1-4-6-13-7-5-9-18(10-8-13)16(19)14-11-15(12(2)3)20-17-14/h11-13H,4-10H2,1-3H3/t13-/m0/s1. The summed E-state index contributed by atoms with van der Waals surface area (Å²) in [5.41, 5.74) is 0.461. The van der Waals surface area contributed by atoms with E-state index in [1.807, 2.05) is 18.7 Å². The molecule has 0 aromatic carbocycles. The van der Waals surface area contributed by atoms with Crippen LogP contribution in [-0.4, -0.2) is 29.1 Å². The number of carbonyl (C=O) groups is 1. The van der Waals surface area contributed by atoms with Crippen LogP contribution in [0.15, 0.2) is 10.6 Å². The Morgan fingerprint density at radius 3 is 2.90 bits per heavy atom. The van der Waals surface area contributed by atoms with E-state index in [1.54, 1.807) is 6.07 Å². The highest BCUT2D eigenvalue weighted by molar-refractivity contribution is 5.92. The maximum atomic E-state index is 12.5. The topological polar surface area (TPSA) is 46.3 Å². The van der Waals surface area contributed by atoms with E-state index in [9.17, 15) is 4.79 Å². The first-order chi connectivity index (χ1) is 9.61. The van der Waals surface area contributed by atoms with Gasteiger partial charge in [-0.05, 0) is 25.2 Å². The molecule has 1 amide bonds. The number of nitrogens with zero attached hydrogens (tertiary/aromatic N) is 2. The van der Waals surface area contributed by atoms with E-state index in [0.717, 1.165) is 37.6 Å². The smallest absolute Gasteiger partial charge is 0.276 e. The van der Waals surface area contributed by atoms with Crippen molar-refractivity contribution in [3.8, 4) is 0 Å². The minimum Gasteiger partial charge on any atom is -0.360 e. The Morgan fingerprint density at radius 1 is 1.45 bits per heavy atom. The number of hydrogen-bond donors (Lipinski definition) is 0.